The fourth-order valence-electron chi connectivity index (χ4n) is 2.91. The Morgan fingerprint density at radius 3 is 2.33 bits per heavy atom. The standard InChI is InChI=1S/C24H23ClN2O3/c1-17(19-11-13-20(25)14-12-19)27-23(28)16-30-22-10-6-5-9-21(22)24(29)26-15-18-7-3-2-4-8-18/h2-14,17H,15-16H2,1H3,(H,26,29)(H,27,28)/t17-/m0/s1. The maximum absolute atomic E-state index is 12.6. The van der Waals surface area contributed by atoms with Gasteiger partial charge in [0, 0.05) is 11.6 Å². The molecule has 0 unspecified atom stereocenters. The number of rotatable bonds is 8. The van der Waals surface area contributed by atoms with Crippen molar-refractivity contribution in [2.45, 2.75) is 19.5 Å². The minimum absolute atomic E-state index is 0.192. The highest BCUT2D eigenvalue weighted by Crippen LogP contribution is 2.19. The summed E-state index contributed by atoms with van der Waals surface area (Å²) in [6.07, 6.45) is 0. The lowest BCUT2D eigenvalue weighted by molar-refractivity contribution is -0.123. The molecule has 30 heavy (non-hydrogen) atoms. The zero-order chi connectivity index (χ0) is 21.3. The van der Waals surface area contributed by atoms with Crippen molar-refractivity contribution in [1.29, 1.82) is 0 Å². The molecule has 2 amide bonds. The number of hydrogen-bond acceptors (Lipinski definition) is 3. The van der Waals surface area contributed by atoms with Crippen molar-refractivity contribution in [3.63, 3.8) is 0 Å². The topological polar surface area (TPSA) is 67.4 Å². The lowest BCUT2D eigenvalue weighted by Crippen LogP contribution is -2.31. The lowest BCUT2D eigenvalue weighted by atomic mass is 10.1. The van der Waals surface area contributed by atoms with Gasteiger partial charge in [0.15, 0.2) is 6.61 Å². The maximum atomic E-state index is 12.6. The molecule has 3 rings (SSSR count). The first kappa shape index (κ1) is 21.4. The van der Waals surface area contributed by atoms with Crippen LogP contribution in [0.3, 0.4) is 0 Å². The van der Waals surface area contributed by atoms with E-state index >= 15 is 0 Å². The average molecular weight is 423 g/mol. The summed E-state index contributed by atoms with van der Waals surface area (Å²) in [6.45, 7) is 2.10. The molecule has 154 valence electrons. The Morgan fingerprint density at radius 1 is 0.933 bits per heavy atom. The fraction of sp³-hybridized carbons (Fsp3) is 0.167. The fourth-order valence-corrected chi connectivity index (χ4v) is 3.04. The summed E-state index contributed by atoms with van der Waals surface area (Å²) in [5, 5.41) is 6.39. The SMILES string of the molecule is C[C@H](NC(=O)COc1ccccc1C(=O)NCc1ccccc1)c1ccc(Cl)cc1. The normalized spacial score (nSPS) is 11.4. The van der Waals surface area contributed by atoms with E-state index in [0.717, 1.165) is 11.1 Å². The summed E-state index contributed by atoms with van der Waals surface area (Å²) < 4.78 is 5.63. The van der Waals surface area contributed by atoms with E-state index in [-0.39, 0.29) is 24.5 Å². The van der Waals surface area contributed by atoms with Gasteiger partial charge in [0.05, 0.1) is 11.6 Å². The molecule has 6 heteroatoms. The zero-order valence-electron chi connectivity index (χ0n) is 16.6. The van der Waals surface area contributed by atoms with Crippen LogP contribution in [0.1, 0.15) is 34.5 Å². The van der Waals surface area contributed by atoms with Gasteiger partial charge in [-0.05, 0) is 42.3 Å². The average Bonchev–Trinajstić information content (AvgIpc) is 2.77. The summed E-state index contributed by atoms with van der Waals surface area (Å²) >= 11 is 5.90. The Labute approximate surface area is 181 Å². The highest BCUT2D eigenvalue weighted by molar-refractivity contribution is 6.30. The number of halogens is 1. The van der Waals surface area contributed by atoms with Crippen LogP contribution in [-0.2, 0) is 11.3 Å². The minimum Gasteiger partial charge on any atom is -0.483 e. The van der Waals surface area contributed by atoms with Crippen LogP contribution in [-0.4, -0.2) is 18.4 Å². The molecule has 2 N–H and O–H groups in total. The summed E-state index contributed by atoms with van der Waals surface area (Å²) in [4.78, 5) is 24.9. The molecule has 0 aliphatic carbocycles. The van der Waals surface area contributed by atoms with E-state index in [2.05, 4.69) is 10.6 Å². The molecule has 0 bridgehead atoms. The molecule has 0 spiro atoms. The van der Waals surface area contributed by atoms with E-state index in [1.54, 1.807) is 36.4 Å². The Bertz CT molecular complexity index is 991. The second kappa shape index (κ2) is 10.5. The molecular weight excluding hydrogens is 400 g/mol. The number of ether oxygens (including phenoxy) is 1. The van der Waals surface area contributed by atoms with Crippen molar-refractivity contribution < 1.29 is 14.3 Å². The molecule has 0 aromatic heterocycles. The van der Waals surface area contributed by atoms with Crippen LogP contribution in [0.15, 0.2) is 78.9 Å². The Hall–Kier alpha value is -3.31. The van der Waals surface area contributed by atoms with Crippen molar-refractivity contribution in [3.8, 4) is 5.75 Å². The first-order valence-electron chi connectivity index (χ1n) is 9.61. The highest BCUT2D eigenvalue weighted by Gasteiger charge is 2.14. The third kappa shape index (κ3) is 6.09. The van der Waals surface area contributed by atoms with Crippen molar-refractivity contribution >= 4 is 23.4 Å². The number of carbonyl (C=O) groups excluding carboxylic acids is 2. The van der Waals surface area contributed by atoms with Crippen molar-refractivity contribution in [3.05, 3.63) is 101 Å². The molecular formula is C24H23ClN2O3. The van der Waals surface area contributed by atoms with Crippen LogP contribution in [0.5, 0.6) is 5.75 Å². The van der Waals surface area contributed by atoms with E-state index in [1.165, 1.54) is 0 Å². The van der Waals surface area contributed by atoms with Gasteiger partial charge in [0.1, 0.15) is 5.75 Å². The first-order valence-corrected chi connectivity index (χ1v) is 9.99. The second-order valence-corrected chi connectivity index (χ2v) is 7.23. The summed E-state index contributed by atoms with van der Waals surface area (Å²) in [5.74, 6) is -0.182. The van der Waals surface area contributed by atoms with Crippen molar-refractivity contribution in [1.82, 2.24) is 10.6 Å². The van der Waals surface area contributed by atoms with Crippen LogP contribution in [0.25, 0.3) is 0 Å². The van der Waals surface area contributed by atoms with Crippen molar-refractivity contribution in [2.75, 3.05) is 6.61 Å². The van der Waals surface area contributed by atoms with E-state index in [9.17, 15) is 9.59 Å². The summed E-state index contributed by atoms with van der Waals surface area (Å²) in [5.41, 5.74) is 2.32. The van der Waals surface area contributed by atoms with Gasteiger partial charge in [-0.25, -0.2) is 0 Å². The summed E-state index contributed by atoms with van der Waals surface area (Å²) in [7, 11) is 0. The van der Waals surface area contributed by atoms with Gasteiger partial charge in [-0.2, -0.15) is 0 Å². The number of amides is 2. The van der Waals surface area contributed by atoms with Gasteiger partial charge in [-0.1, -0.05) is 66.2 Å². The van der Waals surface area contributed by atoms with E-state index in [1.807, 2.05) is 49.4 Å². The van der Waals surface area contributed by atoms with Crippen molar-refractivity contribution in [2.24, 2.45) is 0 Å². The minimum atomic E-state index is -0.281. The van der Waals surface area contributed by atoms with Gasteiger partial charge < -0.3 is 15.4 Å². The predicted octanol–water partition coefficient (Wildman–Crippen LogP) is 4.53. The van der Waals surface area contributed by atoms with Gasteiger partial charge in [-0.15, -0.1) is 0 Å². The van der Waals surface area contributed by atoms with Crippen LogP contribution >= 0.6 is 11.6 Å². The molecule has 0 saturated heterocycles. The third-order valence-electron chi connectivity index (χ3n) is 4.53. The smallest absolute Gasteiger partial charge is 0.258 e. The predicted molar refractivity (Wildman–Crippen MR) is 118 cm³/mol. The molecule has 0 aliphatic rings. The number of hydrogen-bond donors (Lipinski definition) is 2. The van der Waals surface area contributed by atoms with E-state index < -0.39 is 0 Å². The lowest BCUT2D eigenvalue weighted by Gasteiger charge is -2.16. The molecule has 3 aromatic carbocycles. The Kier molecular flexibility index (Phi) is 7.46. The van der Waals surface area contributed by atoms with Crippen LogP contribution in [0, 0.1) is 0 Å². The second-order valence-electron chi connectivity index (χ2n) is 6.79. The molecule has 0 fully saturated rings. The molecule has 3 aromatic rings. The molecule has 5 nitrogen and oxygen atoms in total. The van der Waals surface area contributed by atoms with E-state index in [0.29, 0.717) is 22.9 Å². The summed E-state index contributed by atoms with van der Waals surface area (Å²) in [6, 6.07) is 23.6. The maximum Gasteiger partial charge on any atom is 0.258 e. The monoisotopic (exact) mass is 422 g/mol. The molecule has 1 atom stereocenters. The molecule has 0 saturated carbocycles. The Balaban J connectivity index is 1.55. The van der Waals surface area contributed by atoms with Crippen LogP contribution < -0.4 is 15.4 Å². The molecule has 0 radical (unpaired) electrons. The highest BCUT2D eigenvalue weighted by atomic mass is 35.5. The number of carbonyl (C=O) groups is 2. The zero-order valence-corrected chi connectivity index (χ0v) is 17.4. The van der Waals surface area contributed by atoms with Gasteiger partial charge >= 0.3 is 0 Å². The first-order chi connectivity index (χ1) is 14.5. The number of benzene rings is 3. The molecule has 0 aliphatic heterocycles. The van der Waals surface area contributed by atoms with Gasteiger partial charge in [-0.3, -0.25) is 9.59 Å². The molecule has 0 heterocycles. The Morgan fingerprint density at radius 2 is 1.60 bits per heavy atom. The van der Waals surface area contributed by atoms with E-state index in [4.69, 9.17) is 16.3 Å². The van der Waals surface area contributed by atoms with Crippen LogP contribution in [0.4, 0.5) is 0 Å². The third-order valence-corrected chi connectivity index (χ3v) is 4.79. The quantitative estimate of drug-likeness (QED) is 0.560. The van der Waals surface area contributed by atoms with Crippen LogP contribution in [0.2, 0.25) is 5.02 Å². The van der Waals surface area contributed by atoms with Gasteiger partial charge in [0.2, 0.25) is 0 Å². The largest absolute Gasteiger partial charge is 0.483 e. The van der Waals surface area contributed by atoms with Gasteiger partial charge in [0.25, 0.3) is 11.8 Å². The number of para-hydroxylation sites is 1. The number of nitrogens with one attached hydrogen (secondary N) is 2.